The number of carboxylic acids is 1. The summed E-state index contributed by atoms with van der Waals surface area (Å²) in [6.07, 6.45) is 3.49. The number of amidine groups is 1. The second kappa shape index (κ2) is 10.8. The van der Waals surface area contributed by atoms with Crippen LogP contribution in [0.15, 0.2) is 47.4 Å². The number of benzene rings is 2. The van der Waals surface area contributed by atoms with Gasteiger partial charge in [0.2, 0.25) is 0 Å². The molecule has 1 aliphatic heterocycles. The first kappa shape index (κ1) is 23.4. The third-order valence-corrected chi connectivity index (χ3v) is 5.71. The van der Waals surface area contributed by atoms with E-state index in [-0.39, 0.29) is 51.4 Å². The van der Waals surface area contributed by atoms with Crippen molar-refractivity contribution in [2.24, 2.45) is 5.92 Å². The molecule has 28 heavy (non-hydrogen) atoms. The van der Waals surface area contributed by atoms with Gasteiger partial charge in [0, 0.05) is 23.5 Å². The third-order valence-electron chi connectivity index (χ3n) is 4.99. The fraction of sp³-hybridized carbons (Fsp3) is 0.333. The molecule has 3 rings (SSSR count). The van der Waals surface area contributed by atoms with Crippen LogP contribution in [0.2, 0.25) is 0 Å². The smallest absolute Gasteiger partial charge is 0.686 e. The molecule has 7 heteroatoms. The van der Waals surface area contributed by atoms with Gasteiger partial charge in [-0.3, -0.25) is 10.2 Å². The summed E-state index contributed by atoms with van der Waals surface area (Å²) in [4.78, 5) is 14.5. The van der Waals surface area contributed by atoms with E-state index in [0.717, 1.165) is 33.7 Å². The molecule has 1 aliphatic rings. The predicted octanol–water partition coefficient (Wildman–Crippen LogP) is 1.84. The number of hydrogen-bond donors (Lipinski definition) is 2. The van der Waals surface area contributed by atoms with Gasteiger partial charge in [-0.25, -0.2) is 0 Å². The van der Waals surface area contributed by atoms with E-state index in [0.29, 0.717) is 25.3 Å². The van der Waals surface area contributed by atoms with Gasteiger partial charge in [0.15, 0.2) is 0 Å². The molecule has 5 nitrogen and oxygen atoms in total. The Kier molecular flexibility index (Phi) is 9.05. The van der Waals surface area contributed by atoms with Crippen molar-refractivity contribution in [1.82, 2.24) is 4.90 Å². The van der Waals surface area contributed by atoms with Gasteiger partial charge < -0.3 is 15.3 Å². The number of nitrogens with one attached hydrogen (secondary N) is 1. The quantitative estimate of drug-likeness (QED) is 0.334. The summed E-state index contributed by atoms with van der Waals surface area (Å²) in [7, 11) is 1.73. The summed E-state index contributed by atoms with van der Waals surface area (Å²) >= 11 is 1.68. The molecule has 0 saturated carbocycles. The van der Waals surface area contributed by atoms with E-state index < -0.39 is 11.9 Å². The standard InChI is InChI=1S/C21H25N3O2S.K/c1-23-18-10-4-9-17(14-6-3-8-16(12-14)27-2)19(18)20(22)24-11-5-7-15(13-24)21(25)26;/h3-4,6,8-10,12,15H,5,7,11,13H2,1-2H3,(H3,22,23,25,26);/q;+1/p-1. The van der Waals surface area contributed by atoms with E-state index in [1.54, 1.807) is 18.8 Å². The molecule has 1 saturated heterocycles. The summed E-state index contributed by atoms with van der Waals surface area (Å²) in [5.74, 6) is -0.853. The zero-order valence-corrected chi connectivity index (χ0v) is 20.5. The van der Waals surface area contributed by atoms with Crippen LogP contribution < -0.4 is 51.4 Å². The van der Waals surface area contributed by atoms with Crippen LogP contribution in [0.4, 0.5) is 5.69 Å². The molecule has 0 radical (unpaired) electrons. The summed E-state index contributed by atoms with van der Waals surface area (Å²) in [5.41, 5.74) is 3.52. The van der Waals surface area contributed by atoms with Crippen molar-refractivity contribution in [3.63, 3.8) is 0 Å². The Morgan fingerprint density at radius 3 is 2.71 bits per heavy atom. The van der Waals surface area contributed by atoms with Gasteiger partial charge in [-0.05, 0) is 42.4 Å². The molecular formula is C21H24KN3O2S. The Labute approximate surface area is 213 Å². The Morgan fingerprint density at radius 2 is 2.04 bits per heavy atom. The van der Waals surface area contributed by atoms with Gasteiger partial charge in [-0.1, -0.05) is 30.3 Å². The average molecular weight is 422 g/mol. The van der Waals surface area contributed by atoms with E-state index in [1.165, 1.54) is 0 Å². The number of thioether (sulfide) groups is 1. The fourth-order valence-corrected chi connectivity index (χ4v) is 4.01. The molecule has 0 aliphatic carbocycles. The van der Waals surface area contributed by atoms with Crippen LogP contribution in [-0.4, -0.2) is 48.2 Å². The topological polar surface area (TPSA) is 78.5 Å². The number of nitrogens with zero attached hydrogens (tertiary/aromatic N) is 2. The normalized spacial score (nSPS) is 16.2. The molecule has 1 heterocycles. The average Bonchev–Trinajstić information content (AvgIpc) is 2.72. The molecule has 0 bridgehead atoms. The number of carboxylic acid groups (broad SMARTS) is 1. The Bertz CT molecular complexity index is 859. The maximum Gasteiger partial charge on any atom is 1.00 e. The van der Waals surface area contributed by atoms with Crippen LogP contribution in [0.1, 0.15) is 18.4 Å². The van der Waals surface area contributed by atoms with E-state index in [4.69, 9.17) is 5.41 Å². The van der Waals surface area contributed by atoms with Crippen LogP contribution in [0.5, 0.6) is 0 Å². The third kappa shape index (κ3) is 5.20. The van der Waals surface area contributed by atoms with Gasteiger partial charge in [0.25, 0.3) is 0 Å². The molecule has 0 amide bonds. The number of rotatable bonds is 5. The molecule has 1 fully saturated rings. The van der Waals surface area contributed by atoms with Crippen molar-refractivity contribution in [1.29, 1.82) is 5.41 Å². The Balaban J connectivity index is 0.00000280. The number of aliphatic carboxylic acids is 1. The van der Waals surface area contributed by atoms with Crippen molar-refractivity contribution < 1.29 is 61.3 Å². The van der Waals surface area contributed by atoms with Crippen molar-refractivity contribution >= 4 is 29.3 Å². The summed E-state index contributed by atoms with van der Waals surface area (Å²) in [5, 5.41) is 22.6. The molecule has 1 atom stereocenters. The van der Waals surface area contributed by atoms with Crippen LogP contribution in [0.3, 0.4) is 0 Å². The van der Waals surface area contributed by atoms with Gasteiger partial charge in [0.05, 0.1) is 5.92 Å². The minimum Gasteiger partial charge on any atom is -0.686 e. The first-order valence-electron chi connectivity index (χ1n) is 8.99. The van der Waals surface area contributed by atoms with Crippen LogP contribution in [-0.2, 0) is 4.79 Å². The van der Waals surface area contributed by atoms with Gasteiger partial charge in [-0.15, -0.1) is 24.5 Å². The van der Waals surface area contributed by atoms with Gasteiger partial charge in [-0.2, -0.15) is 0 Å². The SMILES string of the molecule is C[N-]c1cccc(-c2cccc(SC)c2)c1C(=N)N1CCCC(C(=O)O)C1.[K+]. The summed E-state index contributed by atoms with van der Waals surface area (Å²) in [6, 6.07) is 14.1. The largest absolute Gasteiger partial charge is 1.00 e. The molecule has 1 unspecified atom stereocenters. The summed E-state index contributed by atoms with van der Waals surface area (Å²) in [6.45, 7) is 1.07. The number of hydrogen-bond acceptors (Lipinski definition) is 3. The zero-order chi connectivity index (χ0) is 19.4. The van der Waals surface area contributed by atoms with E-state index >= 15 is 0 Å². The molecule has 0 aromatic heterocycles. The predicted molar refractivity (Wildman–Crippen MR) is 111 cm³/mol. The second-order valence-corrected chi connectivity index (χ2v) is 7.51. The molecule has 142 valence electrons. The first-order chi connectivity index (χ1) is 13.0. The molecule has 2 aromatic rings. The Hall–Kier alpha value is -0.834. The van der Waals surface area contributed by atoms with Gasteiger partial charge >= 0.3 is 57.4 Å². The molecular weight excluding hydrogens is 397 g/mol. The molecule has 2 aromatic carbocycles. The maximum absolute atomic E-state index is 11.4. The number of carbonyl (C=O) groups is 1. The van der Waals surface area contributed by atoms with E-state index in [2.05, 4.69) is 17.4 Å². The number of piperidine rings is 1. The maximum atomic E-state index is 11.4. The van der Waals surface area contributed by atoms with Crippen molar-refractivity contribution in [3.8, 4) is 11.1 Å². The monoisotopic (exact) mass is 421 g/mol. The molecule has 0 spiro atoms. The van der Waals surface area contributed by atoms with E-state index in [1.807, 2.05) is 41.5 Å². The second-order valence-electron chi connectivity index (χ2n) is 6.63. The molecule has 2 N–H and O–H groups in total. The van der Waals surface area contributed by atoms with Gasteiger partial charge in [0.1, 0.15) is 5.84 Å². The van der Waals surface area contributed by atoms with Crippen LogP contribution in [0.25, 0.3) is 16.4 Å². The number of likely N-dealkylation sites (tertiary alicyclic amines) is 1. The summed E-state index contributed by atoms with van der Waals surface area (Å²) < 4.78 is 0. The van der Waals surface area contributed by atoms with Crippen LogP contribution in [0, 0.1) is 11.3 Å². The van der Waals surface area contributed by atoms with Crippen molar-refractivity contribution in [3.05, 3.63) is 53.3 Å². The fourth-order valence-electron chi connectivity index (χ4n) is 3.55. The zero-order valence-electron chi connectivity index (χ0n) is 16.6. The first-order valence-corrected chi connectivity index (χ1v) is 10.2. The van der Waals surface area contributed by atoms with Crippen LogP contribution >= 0.6 is 11.8 Å². The van der Waals surface area contributed by atoms with E-state index in [9.17, 15) is 9.90 Å². The van der Waals surface area contributed by atoms with Crippen molar-refractivity contribution in [2.75, 3.05) is 26.4 Å². The minimum atomic E-state index is -0.783. The Morgan fingerprint density at radius 1 is 1.29 bits per heavy atom. The van der Waals surface area contributed by atoms with Crippen molar-refractivity contribution in [2.45, 2.75) is 17.7 Å². The minimum absolute atomic E-state index is 0.